The predicted octanol–water partition coefficient (Wildman–Crippen LogP) is 4.04. The summed E-state index contributed by atoms with van der Waals surface area (Å²) >= 11 is 1.51. The van der Waals surface area contributed by atoms with Crippen LogP contribution >= 0.6 is 11.8 Å². The minimum absolute atomic E-state index is 0.110. The molecular weight excluding hydrogens is 322 g/mol. The van der Waals surface area contributed by atoms with Crippen molar-refractivity contribution in [2.75, 3.05) is 0 Å². The summed E-state index contributed by atoms with van der Waals surface area (Å²) in [4.78, 5) is 21.1. The molecule has 5 nitrogen and oxygen atoms in total. The number of carbonyl (C=O) groups is 1. The Morgan fingerprint density at radius 1 is 1.21 bits per heavy atom. The summed E-state index contributed by atoms with van der Waals surface area (Å²) in [5.41, 5.74) is 1.91. The number of aromatic nitrogens is 2. The van der Waals surface area contributed by atoms with E-state index in [1.165, 1.54) is 31.0 Å². The Morgan fingerprint density at radius 3 is 2.62 bits per heavy atom. The molecule has 1 aliphatic rings. The number of furan rings is 1. The predicted molar refractivity (Wildman–Crippen MR) is 94.1 cm³/mol. The van der Waals surface area contributed by atoms with Gasteiger partial charge in [0.1, 0.15) is 5.76 Å². The number of aryl methyl sites for hydroxylation is 2. The lowest BCUT2D eigenvalue weighted by Gasteiger charge is -2.22. The normalized spacial score (nSPS) is 15.4. The fourth-order valence-electron chi connectivity index (χ4n) is 2.97. The van der Waals surface area contributed by atoms with E-state index in [2.05, 4.69) is 15.3 Å². The molecule has 0 aliphatic heterocycles. The van der Waals surface area contributed by atoms with Crippen LogP contribution in [0.2, 0.25) is 0 Å². The number of carbonyl (C=O) groups excluding carboxylic acids is 1. The molecule has 2 aromatic rings. The Bertz CT molecular complexity index is 688. The minimum atomic E-state index is -0.110. The van der Waals surface area contributed by atoms with E-state index in [-0.39, 0.29) is 11.9 Å². The van der Waals surface area contributed by atoms with Crippen LogP contribution in [0.1, 0.15) is 59.8 Å². The average molecular weight is 345 g/mol. The first-order valence-electron chi connectivity index (χ1n) is 8.45. The Hall–Kier alpha value is -1.82. The van der Waals surface area contributed by atoms with Crippen LogP contribution in [0, 0.1) is 13.8 Å². The van der Waals surface area contributed by atoms with Crippen LogP contribution in [-0.4, -0.2) is 21.9 Å². The van der Waals surface area contributed by atoms with Gasteiger partial charge < -0.3 is 9.73 Å². The number of amides is 1. The van der Waals surface area contributed by atoms with Gasteiger partial charge in [0, 0.05) is 17.4 Å². The van der Waals surface area contributed by atoms with E-state index in [1.54, 1.807) is 6.07 Å². The molecule has 3 rings (SSSR count). The third-order valence-electron chi connectivity index (χ3n) is 4.13. The highest BCUT2D eigenvalue weighted by molar-refractivity contribution is 7.98. The van der Waals surface area contributed by atoms with Crippen molar-refractivity contribution in [1.29, 1.82) is 0 Å². The van der Waals surface area contributed by atoms with Crippen molar-refractivity contribution >= 4 is 17.7 Å². The summed E-state index contributed by atoms with van der Waals surface area (Å²) in [6.07, 6.45) is 5.80. The summed E-state index contributed by atoms with van der Waals surface area (Å²) in [5.74, 6) is 1.65. The van der Waals surface area contributed by atoms with Crippen LogP contribution < -0.4 is 5.32 Å². The number of rotatable bonds is 5. The van der Waals surface area contributed by atoms with Gasteiger partial charge in [-0.25, -0.2) is 9.97 Å². The van der Waals surface area contributed by atoms with Gasteiger partial charge in [-0.15, -0.1) is 0 Å². The molecule has 128 valence electrons. The fourth-order valence-corrected chi connectivity index (χ4v) is 3.82. The van der Waals surface area contributed by atoms with E-state index < -0.39 is 0 Å². The molecule has 1 amide bonds. The second-order valence-electron chi connectivity index (χ2n) is 6.30. The zero-order valence-electron chi connectivity index (χ0n) is 14.2. The first-order chi connectivity index (χ1) is 11.6. The van der Waals surface area contributed by atoms with Crippen molar-refractivity contribution in [1.82, 2.24) is 15.3 Å². The number of nitrogens with zero attached hydrogens (tertiary/aromatic N) is 2. The van der Waals surface area contributed by atoms with Gasteiger partial charge in [0.15, 0.2) is 10.9 Å². The molecule has 24 heavy (non-hydrogen) atoms. The summed E-state index contributed by atoms with van der Waals surface area (Å²) in [6.45, 7) is 3.92. The van der Waals surface area contributed by atoms with Crippen molar-refractivity contribution in [3.8, 4) is 0 Å². The van der Waals surface area contributed by atoms with Crippen molar-refractivity contribution in [2.45, 2.75) is 62.9 Å². The summed E-state index contributed by atoms with van der Waals surface area (Å²) < 4.78 is 5.68. The summed E-state index contributed by atoms with van der Waals surface area (Å²) in [6, 6.07) is 5.84. The van der Waals surface area contributed by atoms with Crippen LogP contribution in [0.4, 0.5) is 0 Å². The van der Waals surface area contributed by atoms with Crippen LogP contribution in [0.3, 0.4) is 0 Å². The average Bonchev–Trinajstić information content (AvgIpc) is 3.02. The Balaban J connectivity index is 1.55. The SMILES string of the molecule is Cc1cc(C)nc(SCc2ccc(C(=O)NC3CCCCC3)o2)n1. The molecule has 6 heteroatoms. The fraction of sp³-hybridized carbons (Fsp3) is 0.500. The van der Waals surface area contributed by atoms with Crippen LogP contribution in [0.25, 0.3) is 0 Å². The molecule has 1 saturated carbocycles. The summed E-state index contributed by atoms with van der Waals surface area (Å²) in [7, 11) is 0. The maximum absolute atomic E-state index is 12.3. The van der Waals surface area contributed by atoms with Crippen LogP contribution in [0.5, 0.6) is 0 Å². The van der Waals surface area contributed by atoms with E-state index in [0.29, 0.717) is 11.5 Å². The molecular formula is C18H23N3O2S. The van der Waals surface area contributed by atoms with Gasteiger partial charge in [-0.05, 0) is 44.9 Å². The van der Waals surface area contributed by atoms with Crippen molar-refractivity contribution < 1.29 is 9.21 Å². The maximum Gasteiger partial charge on any atom is 0.287 e. The molecule has 0 bridgehead atoms. The van der Waals surface area contributed by atoms with Crippen LogP contribution in [0.15, 0.2) is 27.8 Å². The third-order valence-corrected chi connectivity index (χ3v) is 5.00. The van der Waals surface area contributed by atoms with Gasteiger partial charge in [-0.1, -0.05) is 31.0 Å². The number of thioether (sulfide) groups is 1. The molecule has 0 radical (unpaired) electrons. The first kappa shape index (κ1) is 17.0. The van der Waals surface area contributed by atoms with Crippen LogP contribution in [-0.2, 0) is 5.75 Å². The molecule has 0 unspecified atom stereocenters. The van der Waals surface area contributed by atoms with Crippen molar-refractivity contribution in [3.05, 3.63) is 41.1 Å². The molecule has 1 N–H and O–H groups in total. The molecule has 0 atom stereocenters. The van der Waals surface area contributed by atoms with Crippen molar-refractivity contribution in [3.63, 3.8) is 0 Å². The highest BCUT2D eigenvalue weighted by atomic mass is 32.2. The molecule has 1 aliphatic carbocycles. The second-order valence-corrected chi connectivity index (χ2v) is 7.24. The molecule has 0 saturated heterocycles. The van der Waals surface area contributed by atoms with Gasteiger partial charge in [0.05, 0.1) is 5.75 Å². The van der Waals surface area contributed by atoms with Gasteiger partial charge in [-0.3, -0.25) is 4.79 Å². The van der Waals surface area contributed by atoms with E-state index in [4.69, 9.17) is 4.42 Å². The van der Waals surface area contributed by atoms with Gasteiger partial charge >= 0.3 is 0 Å². The lowest BCUT2D eigenvalue weighted by Crippen LogP contribution is -2.35. The Morgan fingerprint density at radius 2 is 1.92 bits per heavy atom. The zero-order chi connectivity index (χ0) is 16.9. The highest BCUT2D eigenvalue weighted by Gasteiger charge is 2.18. The number of hydrogen-bond donors (Lipinski definition) is 1. The lowest BCUT2D eigenvalue weighted by molar-refractivity contribution is 0.0898. The highest BCUT2D eigenvalue weighted by Crippen LogP contribution is 2.22. The smallest absolute Gasteiger partial charge is 0.287 e. The Kier molecular flexibility index (Phi) is 5.56. The minimum Gasteiger partial charge on any atom is -0.455 e. The zero-order valence-corrected chi connectivity index (χ0v) is 15.0. The van der Waals surface area contributed by atoms with E-state index in [1.807, 2.05) is 26.0 Å². The molecule has 2 heterocycles. The lowest BCUT2D eigenvalue weighted by atomic mass is 9.95. The quantitative estimate of drug-likeness (QED) is 0.654. The summed E-state index contributed by atoms with van der Waals surface area (Å²) in [5, 5.41) is 3.81. The first-order valence-corrected chi connectivity index (χ1v) is 9.43. The molecule has 2 aromatic heterocycles. The van der Waals surface area contributed by atoms with Gasteiger partial charge in [-0.2, -0.15) is 0 Å². The Labute approximate surface area is 146 Å². The second kappa shape index (κ2) is 7.83. The van der Waals surface area contributed by atoms with E-state index in [0.717, 1.165) is 35.1 Å². The maximum atomic E-state index is 12.3. The third kappa shape index (κ3) is 4.60. The van der Waals surface area contributed by atoms with E-state index in [9.17, 15) is 4.79 Å². The topological polar surface area (TPSA) is 68.0 Å². The molecule has 0 spiro atoms. The van der Waals surface area contributed by atoms with Crippen molar-refractivity contribution in [2.24, 2.45) is 0 Å². The van der Waals surface area contributed by atoms with E-state index >= 15 is 0 Å². The monoisotopic (exact) mass is 345 g/mol. The standard InChI is InChI=1S/C18H23N3O2S/c1-12-10-13(2)20-18(19-12)24-11-15-8-9-16(23-15)17(22)21-14-6-4-3-5-7-14/h8-10,14H,3-7,11H2,1-2H3,(H,21,22). The number of hydrogen-bond acceptors (Lipinski definition) is 5. The van der Waals surface area contributed by atoms with Gasteiger partial charge in [0.25, 0.3) is 5.91 Å². The molecule has 1 fully saturated rings. The largest absolute Gasteiger partial charge is 0.455 e. The van der Waals surface area contributed by atoms with Gasteiger partial charge in [0.2, 0.25) is 0 Å². The molecule has 0 aromatic carbocycles. The number of nitrogens with one attached hydrogen (secondary N) is 1.